The lowest BCUT2D eigenvalue weighted by molar-refractivity contribution is 0.288. The average molecular weight is 426 g/mol. The van der Waals surface area contributed by atoms with E-state index in [0.29, 0.717) is 11.1 Å². The van der Waals surface area contributed by atoms with Gasteiger partial charge in [0.25, 0.3) is 0 Å². The summed E-state index contributed by atoms with van der Waals surface area (Å²) in [5.41, 5.74) is 14.3. The lowest BCUT2D eigenvalue weighted by atomic mass is 9.95. The van der Waals surface area contributed by atoms with Crippen LogP contribution in [0.1, 0.15) is 28.3 Å². The maximum atomic E-state index is 10.3. The Morgan fingerprint density at radius 1 is 1.16 bits per heavy atom. The smallest absolute Gasteiger partial charge is 0.211 e. The Kier molecular flexibility index (Phi) is 5.35. The van der Waals surface area contributed by atoms with Crippen LogP contribution in [0.15, 0.2) is 53.5 Å². The van der Waals surface area contributed by atoms with Gasteiger partial charge in [0.05, 0.1) is 5.69 Å². The van der Waals surface area contributed by atoms with E-state index in [1.54, 1.807) is 18.3 Å². The Balaban J connectivity index is 1.77. The maximum Gasteiger partial charge on any atom is 0.211 e. The molecule has 1 aromatic heterocycles. The summed E-state index contributed by atoms with van der Waals surface area (Å²) in [5, 5.41) is 34.1. The molecule has 10 nitrogen and oxygen atoms in total. The molecular formula is C22H18N8O2. The van der Waals surface area contributed by atoms with Gasteiger partial charge in [-0.1, -0.05) is 36.4 Å². The number of nitrogens with one attached hydrogen (secondary N) is 2. The first-order valence-corrected chi connectivity index (χ1v) is 9.50. The monoisotopic (exact) mass is 426 g/mol. The van der Waals surface area contributed by atoms with Gasteiger partial charge in [-0.3, -0.25) is 5.32 Å². The minimum Gasteiger partial charge on any atom is -0.504 e. The molecule has 4 rings (SSSR count). The number of nitrogens with zero attached hydrogens (tertiary/aromatic N) is 4. The third kappa shape index (κ3) is 3.76. The highest BCUT2D eigenvalue weighted by Gasteiger charge is 2.30. The highest BCUT2D eigenvalue weighted by molar-refractivity contribution is 5.98. The van der Waals surface area contributed by atoms with Gasteiger partial charge in [-0.15, -0.1) is 0 Å². The molecule has 1 atom stereocenters. The topological polar surface area (TPSA) is 178 Å². The van der Waals surface area contributed by atoms with E-state index in [-0.39, 0.29) is 47.0 Å². The molecule has 1 aliphatic heterocycles. The fourth-order valence-electron chi connectivity index (χ4n) is 3.37. The molecule has 158 valence electrons. The van der Waals surface area contributed by atoms with Crippen molar-refractivity contribution < 1.29 is 9.84 Å². The van der Waals surface area contributed by atoms with Crippen LogP contribution in [0.25, 0.3) is 0 Å². The Morgan fingerprint density at radius 3 is 2.66 bits per heavy atom. The summed E-state index contributed by atoms with van der Waals surface area (Å²) >= 11 is 0. The van der Waals surface area contributed by atoms with Crippen LogP contribution in [0.3, 0.4) is 0 Å². The van der Waals surface area contributed by atoms with Crippen molar-refractivity contribution in [3.8, 4) is 23.8 Å². The zero-order chi connectivity index (χ0) is 22.7. The molecule has 0 saturated carbocycles. The maximum absolute atomic E-state index is 10.3. The van der Waals surface area contributed by atoms with Crippen LogP contribution >= 0.6 is 0 Å². The van der Waals surface area contributed by atoms with E-state index in [0.717, 1.165) is 5.56 Å². The molecule has 2 aromatic carbocycles. The van der Waals surface area contributed by atoms with Gasteiger partial charge in [-0.25, -0.2) is 9.98 Å². The molecule has 2 heterocycles. The van der Waals surface area contributed by atoms with Crippen LogP contribution in [0, 0.1) is 22.8 Å². The fraction of sp³-hybridized carbons (Fsp3) is 0.0909. The van der Waals surface area contributed by atoms with Gasteiger partial charge in [0.1, 0.15) is 35.9 Å². The van der Waals surface area contributed by atoms with Crippen LogP contribution in [-0.4, -0.2) is 16.1 Å². The van der Waals surface area contributed by atoms with Crippen LogP contribution in [-0.2, 0) is 6.61 Å². The summed E-state index contributed by atoms with van der Waals surface area (Å²) < 4.78 is 5.81. The number of hydrogen-bond acceptors (Lipinski definition) is 10. The molecule has 0 bridgehead atoms. The molecule has 0 saturated heterocycles. The number of phenolic OH excluding ortho intramolecular Hbond substituents is 1. The van der Waals surface area contributed by atoms with Crippen molar-refractivity contribution in [2.75, 3.05) is 16.8 Å². The number of pyridine rings is 1. The standard InChI is InChI=1S/C22H18N8O2/c23-9-14-18(25)17-19(28-22(27-11-24)30-21(17)29-20(14)26)13-6-7-15(31)16(8-13)32-10-12-4-2-1-3-5-12/h1-8,19,31H,10H2,(H6,25,26,27,28,29,30). The predicted molar refractivity (Wildman–Crippen MR) is 118 cm³/mol. The van der Waals surface area contributed by atoms with Gasteiger partial charge in [0.2, 0.25) is 5.96 Å². The number of benzene rings is 2. The first kappa shape index (κ1) is 20.3. The van der Waals surface area contributed by atoms with Crippen LogP contribution in [0.5, 0.6) is 11.5 Å². The average Bonchev–Trinajstić information content (AvgIpc) is 2.79. The Hall–Kier alpha value is -4.96. The highest BCUT2D eigenvalue weighted by atomic mass is 16.5. The lowest BCUT2D eigenvalue weighted by Crippen LogP contribution is -2.32. The minimum absolute atomic E-state index is 0.0363. The Bertz CT molecular complexity index is 1290. The third-order valence-corrected chi connectivity index (χ3v) is 4.89. The molecule has 0 amide bonds. The van der Waals surface area contributed by atoms with E-state index >= 15 is 0 Å². The molecule has 0 fully saturated rings. The van der Waals surface area contributed by atoms with Crippen molar-refractivity contribution in [3.63, 3.8) is 0 Å². The van der Waals surface area contributed by atoms with E-state index in [1.807, 2.05) is 36.4 Å². The van der Waals surface area contributed by atoms with Crippen molar-refractivity contribution in [2.45, 2.75) is 12.6 Å². The second kappa shape index (κ2) is 8.42. The van der Waals surface area contributed by atoms with Gasteiger partial charge >= 0.3 is 0 Å². The van der Waals surface area contributed by atoms with E-state index in [2.05, 4.69) is 20.6 Å². The molecule has 0 aliphatic carbocycles. The second-order valence-electron chi connectivity index (χ2n) is 6.90. The number of rotatable bonds is 4. The van der Waals surface area contributed by atoms with Crippen molar-refractivity contribution in [1.82, 2.24) is 10.3 Å². The first-order valence-electron chi connectivity index (χ1n) is 9.50. The number of fused-ring (bicyclic) bond motifs is 1. The quantitative estimate of drug-likeness (QED) is 0.309. The molecule has 7 N–H and O–H groups in total. The van der Waals surface area contributed by atoms with Crippen molar-refractivity contribution in [1.29, 1.82) is 10.5 Å². The number of phenols is 1. The Labute approximate surface area is 183 Å². The summed E-state index contributed by atoms with van der Waals surface area (Å²) in [4.78, 5) is 8.73. The number of hydrogen-bond donors (Lipinski definition) is 5. The summed E-state index contributed by atoms with van der Waals surface area (Å²) in [6.45, 7) is 0.254. The van der Waals surface area contributed by atoms with Gasteiger partial charge in [-0.2, -0.15) is 10.5 Å². The summed E-state index contributed by atoms with van der Waals surface area (Å²) in [7, 11) is 0. The number of aromatic hydroxyl groups is 1. The molecule has 1 unspecified atom stereocenters. The Morgan fingerprint density at radius 2 is 1.94 bits per heavy atom. The largest absolute Gasteiger partial charge is 0.504 e. The predicted octanol–water partition coefficient (Wildman–Crippen LogP) is 2.34. The summed E-state index contributed by atoms with van der Waals surface area (Å²) in [6, 6.07) is 15.5. The molecule has 1 aliphatic rings. The number of nitrogen functional groups attached to an aromatic ring is 2. The number of nitriles is 2. The second-order valence-corrected chi connectivity index (χ2v) is 6.90. The lowest BCUT2D eigenvalue weighted by Gasteiger charge is -2.26. The SMILES string of the molecule is N#CNC1=NC(c2ccc(O)c(OCc3ccccc3)c2)c2c(nc(N)c(C#N)c2N)N1. The minimum atomic E-state index is -0.734. The van der Waals surface area contributed by atoms with Crippen molar-refractivity contribution in [3.05, 3.63) is 70.8 Å². The van der Waals surface area contributed by atoms with E-state index in [4.69, 9.17) is 21.5 Å². The molecule has 10 heteroatoms. The fourth-order valence-corrected chi connectivity index (χ4v) is 3.37. The van der Waals surface area contributed by atoms with E-state index in [1.165, 1.54) is 6.07 Å². The zero-order valence-corrected chi connectivity index (χ0v) is 16.7. The molecule has 0 spiro atoms. The van der Waals surface area contributed by atoms with Gasteiger partial charge in [0.15, 0.2) is 17.7 Å². The van der Waals surface area contributed by atoms with Gasteiger partial charge in [-0.05, 0) is 23.3 Å². The van der Waals surface area contributed by atoms with Gasteiger partial charge < -0.3 is 26.6 Å². The molecule has 0 radical (unpaired) electrons. The molecular weight excluding hydrogens is 408 g/mol. The van der Waals surface area contributed by atoms with Crippen LogP contribution < -0.4 is 26.8 Å². The number of guanidine groups is 1. The third-order valence-electron chi connectivity index (χ3n) is 4.89. The molecule has 32 heavy (non-hydrogen) atoms. The zero-order valence-electron chi connectivity index (χ0n) is 16.7. The van der Waals surface area contributed by atoms with Crippen LogP contribution in [0.4, 0.5) is 17.3 Å². The number of aliphatic imine (C=N–C) groups is 1. The van der Waals surface area contributed by atoms with Gasteiger partial charge in [0, 0.05) is 5.56 Å². The van der Waals surface area contributed by atoms with E-state index in [9.17, 15) is 10.4 Å². The van der Waals surface area contributed by atoms with Crippen molar-refractivity contribution >= 4 is 23.3 Å². The highest BCUT2D eigenvalue weighted by Crippen LogP contribution is 2.42. The summed E-state index contributed by atoms with van der Waals surface area (Å²) in [5.74, 6) is 0.585. The number of ether oxygens (including phenoxy) is 1. The van der Waals surface area contributed by atoms with Crippen LogP contribution in [0.2, 0.25) is 0 Å². The van der Waals surface area contributed by atoms with Crippen molar-refractivity contribution in [2.24, 2.45) is 4.99 Å². The summed E-state index contributed by atoms with van der Waals surface area (Å²) in [6.07, 6.45) is 1.80. The number of anilines is 3. The molecule has 3 aromatic rings. The van der Waals surface area contributed by atoms with E-state index < -0.39 is 6.04 Å². The normalized spacial score (nSPS) is 14.2. The first-order chi connectivity index (χ1) is 15.5. The number of aromatic nitrogens is 1. The number of nitrogens with two attached hydrogens (primary N) is 2.